The van der Waals surface area contributed by atoms with E-state index in [1.807, 2.05) is 19.9 Å². The summed E-state index contributed by atoms with van der Waals surface area (Å²) in [6.45, 7) is 6.40. The van der Waals surface area contributed by atoms with E-state index in [0.717, 1.165) is 12.1 Å². The number of likely N-dealkylation sites (tertiary alicyclic amines) is 1. The van der Waals surface area contributed by atoms with Gasteiger partial charge < -0.3 is 9.64 Å². The number of hydrogen-bond donors (Lipinski definition) is 0. The van der Waals surface area contributed by atoms with Crippen molar-refractivity contribution in [3.63, 3.8) is 0 Å². The first-order valence-corrected chi connectivity index (χ1v) is 6.96. The van der Waals surface area contributed by atoms with Gasteiger partial charge in [0.2, 0.25) is 0 Å². The van der Waals surface area contributed by atoms with E-state index in [0.29, 0.717) is 30.8 Å². The smallest absolute Gasteiger partial charge is 0.328 e. The van der Waals surface area contributed by atoms with Crippen molar-refractivity contribution in [2.45, 2.75) is 39.7 Å². The number of amides is 1. The van der Waals surface area contributed by atoms with Crippen LogP contribution in [0.3, 0.4) is 0 Å². The maximum absolute atomic E-state index is 12.6. The number of aryl methyl sites for hydroxylation is 2. The molecule has 0 saturated carbocycles. The van der Waals surface area contributed by atoms with Gasteiger partial charge in [0.15, 0.2) is 0 Å². The highest BCUT2D eigenvalue weighted by Crippen LogP contribution is 2.22. The summed E-state index contributed by atoms with van der Waals surface area (Å²) in [6, 6.07) is 3.14. The van der Waals surface area contributed by atoms with Crippen LogP contribution >= 0.6 is 0 Å². The Hall–Kier alpha value is -1.91. The van der Waals surface area contributed by atoms with Gasteiger partial charge in [0.05, 0.1) is 17.9 Å². The fraction of sp³-hybridized carbons (Fsp3) is 0.533. The molecule has 2 rings (SSSR count). The Morgan fingerprint density at radius 2 is 2.15 bits per heavy atom. The molecule has 1 aliphatic heterocycles. The second-order valence-corrected chi connectivity index (χ2v) is 4.99. The minimum absolute atomic E-state index is 0.134. The van der Waals surface area contributed by atoms with E-state index < -0.39 is 6.04 Å². The van der Waals surface area contributed by atoms with Crippen LogP contribution in [-0.4, -0.2) is 41.0 Å². The summed E-state index contributed by atoms with van der Waals surface area (Å²) >= 11 is 0. The van der Waals surface area contributed by atoms with Crippen molar-refractivity contribution < 1.29 is 14.3 Å². The lowest BCUT2D eigenvalue weighted by Gasteiger charge is -2.23. The van der Waals surface area contributed by atoms with Crippen molar-refractivity contribution in [2.75, 3.05) is 13.2 Å². The molecule has 1 saturated heterocycles. The van der Waals surface area contributed by atoms with Crippen LogP contribution in [-0.2, 0) is 9.53 Å². The number of aromatic nitrogens is 1. The minimum Gasteiger partial charge on any atom is -0.464 e. The number of nitrogens with zero attached hydrogens (tertiary/aromatic N) is 2. The zero-order valence-corrected chi connectivity index (χ0v) is 12.2. The molecule has 0 radical (unpaired) electrons. The van der Waals surface area contributed by atoms with Crippen LogP contribution in [0.4, 0.5) is 0 Å². The van der Waals surface area contributed by atoms with Gasteiger partial charge in [-0.3, -0.25) is 9.78 Å². The van der Waals surface area contributed by atoms with E-state index in [-0.39, 0.29) is 11.9 Å². The second kappa shape index (κ2) is 6.03. The number of esters is 1. The van der Waals surface area contributed by atoms with Crippen LogP contribution in [0.15, 0.2) is 12.1 Å². The molecule has 1 aliphatic rings. The molecule has 1 atom stereocenters. The molecule has 5 nitrogen and oxygen atoms in total. The maximum atomic E-state index is 12.6. The predicted molar refractivity (Wildman–Crippen MR) is 74.4 cm³/mol. The average Bonchev–Trinajstić information content (AvgIpc) is 2.87. The number of rotatable bonds is 3. The topological polar surface area (TPSA) is 59.5 Å². The molecule has 1 amide bonds. The molecule has 0 spiro atoms. The van der Waals surface area contributed by atoms with Crippen molar-refractivity contribution >= 4 is 11.9 Å². The summed E-state index contributed by atoms with van der Waals surface area (Å²) < 4.78 is 5.04. The SMILES string of the molecule is CCOC(=O)C1CCCN1C(=O)c1ccc(C)nc1C. The van der Waals surface area contributed by atoms with E-state index >= 15 is 0 Å². The van der Waals surface area contributed by atoms with Gasteiger partial charge in [-0.2, -0.15) is 0 Å². The van der Waals surface area contributed by atoms with Crippen LogP contribution in [0.5, 0.6) is 0 Å². The van der Waals surface area contributed by atoms with Gasteiger partial charge in [0.25, 0.3) is 5.91 Å². The van der Waals surface area contributed by atoms with Gasteiger partial charge in [-0.25, -0.2) is 4.79 Å². The number of ether oxygens (including phenoxy) is 1. The average molecular weight is 276 g/mol. The van der Waals surface area contributed by atoms with Crippen LogP contribution in [0.25, 0.3) is 0 Å². The lowest BCUT2D eigenvalue weighted by atomic mass is 10.1. The largest absolute Gasteiger partial charge is 0.464 e. The lowest BCUT2D eigenvalue weighted by Crippen LogP contribution is -2.41. The highest BCUT2D eigenvalue weighted by Gasteiger charge is 2.36. The Kier molecular flexibility index (Phi) is 4.37. The van der Waals surface area contributed by atoms with Crippen molar-refractivity contribution in [1.29, 1.82) is 0 Å². The third kappa shape index (κ3) is 2.81. The summed E-state index contributed by atoms with van der Waals surface area (Å²) in [4.78, 5) is 30.4. The fourth-order valence-electron chi connectivity index (χ4n) is 2.56. The predicted octanol–water partition coefficient (Wildman–Crippen LogP) is 1.87. The van der Waals surface area contributed by atoms with E-state index in [1.54, 1.807) is 17.9 Å². The van der Waals surface area contributed by atoms with E-state index in [9.17, 15) is 9.59 Å². The molecule has 5 heteroatoms. The molecular formula is C15H20N2O3. The van der Waals surface area contributed by atoms with Crippen LogP contribution < -0.4 is 0 Å². The van der Waals surface area contributed by atoms with Gasteiger partial charge in [-0.1, -0.05) is 0 Å². The highest BCUT2D eigenvalue weighted by molar-refractivity contribution is 5.98. The molecule has 1 aromatic rings. The standard InChI is InChI=1S/C15H20N2O3/c1-4-20-15(19)13-6-5-9-17(13)14(18)12-8-7-10(2)16-11(12)3/h7-8,13H,4-6,9H2,1-3H3. The van der Waals surface area contributed by atoms with Gasteiger partial charge in [0.1, 0.15) is 6.04 Å². The van der Waals surface area contributed by atoms with Gasteiger partial charge in [0, 0.05) is 12.2 Å². The molecule has 0 aromatic carbocycles. The second-order valence-electron chi connectivity index (χ2n) is 4.99. The highest BCUT2D eigenvalue weighted by atomic mass is 16.5. The number of pyridine rings is 1. The van der Waals surface area contributed by atoms with Crippen molar-refractivity contribution in [2.24, 2.45) is 0 Å². The summed E-state index contributed by atoms with van der Waals surface area (Å²) in [5, 5.41) is 0. The van der Waals surface area contributed by atoms with Crippen LogP contribution in [0.1, 0.15) is 41.5 Å². The molecule has 1 aromatic heterocycles. The normalized spacial score (nSPS) is 18.1. The number of carbonyl (C=O) groups is 2. The van der Waals surface area contributed by atoms with Crippen LogP contribution in [0.2, 0.25) is 0 Å². The minimum atomic E-state index is -0.455. The zero-order valence-electron chi connectivity index (χ0n) is 12.2. The monoisotopic (exact) mass is 276 g/mol. The van der Waals surface area contributed by atoms with E-state index in [2.05, 4.69) is 4.98 Å². The zero-order chi connectivity index (χ0) is 14.7. The van der Waals surface area contributed by atoms with Crippen molar-refractivity contribution in [3.05, 3.63) is 29.1 Å². The quantitative estimate of drug-likeness (QED) is 0.791. The number of carbonyl (C=O) groups excluding carboxylic acids is 2. The van der Waals surface area contributed by atoms with Gasteiger partial charge in [-0.05, 0) is 45.7 Å². The van der Waals surface area contributed by atoms with Gasteiger partial charge >= 0.3 is 5.97 Å². The Morgan fingerprint density at radius 3 is 2.80 bits per heavy atom. The molecular weight excluding hydrogens is 256 g/mol. The lowest BCUT2D eigenvalue weighted by molar-refractivity contribution is -0.147. The fourth-order valence-corrected chi connectivity index (χ4v) is 2.56. The first kappa shape index (κ1) is 14.5. The van der Waals surface area contributed by atoms with Gasteiger partial charge in [-0.15, -0.1) is 0 Å². The molecule has 0 bridgehead atoms. The summed E-state index contributed by atoms with van der Waals surface area (Å²) in [7, 11) is 0. The molecule has 1 fully saturated rings. The molecule has 2 heterocycles. The Morgan fingerprint density at radius 1 is 1.40 bits per heavy atom. The molecule has 1 unspecified atom stereocenters. The molecule has 0 aliphatic carbocycles. The first-order chi connectivity index (χ1) is 9.54. The number of hydrogen-bond acceptors (Lipinski definition) is 4. The summed E-state index contributed by atoms with van der Waals surface area (Å²) in [5.74, 6) is -0.443. The summed E-state index contributed by atoms with van der Waals surface area (Å²) in [6.07, 6.45) is 1.50. The molecule has 20 heavy (non-hydrogen) atoms. The third-order valence-corrected chi connectivity index (χ3v) is 3.53. The Labute approximate surface area is 118 Å². The van der Waals surface area contributed by atoms with Crippen molar-refractivity contribution in [1.82, 2.24) is 9.88 Å². The Balaban J connectivity index is 2.21. The molecule has 108 valence electrons. The molecule has 0 N–H and O–H groups in total. The van der Waals surface area contributed by atoms with E-state index in [4.69, 9.17) is 4.74 Å². The Bertz CT molecular complexity index is 528. The van der Waals surface area contributed by atoms with Crippen molar-refractivity contribution in [3.8, 4) is 0 Å². The van der Waals surface area contributed by atoms with Crippen LogP contribution in [0, 0.1) is 13.8 Å². The first-order valence-electron chi connectivity index (χ1n) is 6.96. The van der Waals surface area contributed by atoms with E-state index in [1.165, 1.54) is 0 Å². The summed E-state index contributed by atoms with van der Waals surface area (Å²) in [5.41, 5.74) is 2.14. The third-order valence-electron chi connectivity index (χ3n) is 3.53. The maximum Gasteiger partial charge on any atom is 0.328 e.